The molecule has 1 aliphatic heterocycles. The second kappa shape index (κ2) is 6.26. The Balaban J connectivity index is 2.19. The van der Waals surface area contributed by atoms with E-state index in [0.29, 0.717) is 9.37 Å². The maximum absolute atomic E-state index is 12.3. The Morgan fingerprint density at radius 1 is 1.33 bits per heavy atom. The molecule has 0 aliphatic carbocycles. The molecule has 1 aliphatic rings. The minimum atomic E-state index is -3.44. The van der Waals surface area contributed by atoms with Crippen LogP contribution in [0, 0.1) is 0 Å². The Kier molecular flexibility index (Phi) is 5.16. The molecule has 3 nitrogen and oxygen atoms in total. The summed E-state index contributed by atoms with van der Waals surface area (Å²) in [5.74, 6) is 1.98. The Morgan fingerprint density at radius 2 is 2.11 bits per heavy atom. The van der Waals surface area contributed by atoms with Crippen LogP contribution in [0.4, 0.5) is 0 Å². The highest BCUT2D eigenvalue weighted by Gasteiger charge is 2.23. The van der Waals surface area contributed by atoms with Crippen LogP contribution in [0.15, 0.2) is 32.0 Å². The fourth-order valence-corrected chi connectivity index (χ4v) is 6.00. The van der Waals surface area contributed by atoms with Crippen LogP contribution in [0.1, 0.15) is 12.8 Å². The van der Waals surface area contributed by atoms with E-state index in [1.165, 1.54) is 0 Å². The average molecular weight is 415 g/mol. The minimum Gasteiger partial charge on any atom is -0.207 e. The quantitative estimate of drug-likeness (QED) is 0.824. The molecule has 0 amide bonds. The monoisotopic (exact) mass is 413 g/mol. The molecule has 1 aromatic rings. The maximum atomic E-state index is 12.3. The van der Waals surface area contributed by atoms with Gasteiger partial charge < -0.3 is 0 Å². The standard InChI is InChI=1S/C11H13Br2NO2S2/c12-8-3-4-11(10(13)6-8)18(15,16)14-9-2-1-5-17-7-9/h3-4,6,9,14H,1-2,5,7H2. The zero-order valence-electron chi connectivity index (χ0n) is 9.53. The van der Waals surface area contributed by atoms with Crippen molar-refractivity contribution in [1.29, 1.82) is 0 Å². The van der Waals surface area contributed by atoms with Gasteiger partial charge in [0.15, 0.2) is 0 Å². The van der Waals surface area contributed by atoms with Crippen molar-refractivity contribution in [3.8, 4) is 0 Å². The predicted octanol–water partition coefficient (Wildman–Crippen LogP) is 3.39. The van der Waals surface area contributed by atoms with E-state index in [1.807, 2.05) is 0 Å². The first-order valence-corrected chi connectivity index (χ1v) is 9.76. The lowest BCUT2D eigenvalue weighted by atomic mass is 10.2. The molecule has 1 saturated heterocycles. The van der Waals surface area contributed by atoms with Gasteiger partial charge in [-0.25, -0.2) is 13.1 Å². The van der Waals surface area contributed by atoms with E-state index in [0.717, 1.165) is 28.8 Å². The summed E-state index contributed by atoms with van der Waals surface area (Å²) in [5.41, 5.74) is 0. The van der Waals surface area contributed by atoms with Gasteiger partial charge >= 0.3 is 0 Å². The van der Waals surface area contributed by atoms with Crippen molar-refractivity contribution in [2.45, 2.75) is 23.8 Å². The van der Waals surface area contributed by atoms with E-state index in [4.69, 9.17) is 0 Å². The maximum Gasteiger partial charge on any atom is 0.241 e. The van der Waals surface area contributed by atoms with Crippen molar-refractivity contribution in [1.82, 2.24) is 4.72 Å². The van der Waals surface area contributed by atoms with Gasteiger partial charge in [0.2, 0.25) is 10.0 Å². The van der Waals surface area contributed by atoms with E-state index in [-0.39, 0.29) is 6.04 Å². The molecule has 1 fully saturated rings. The summed E-state index contributed by atoms with van der Waals surface area (Å²) >= 11 is 8.41. The molecular formula is C11H13Br2NO2S2. The van der Waals surface area contributed by atoms with Gasteiger partial charge in [0, 0.05) is 20.7 Å². The zero-order chi connectivity index (χ0) is 13.2. The van der Waals surface area contributed by atoms with E-state index in [1.54, 1.807) is 30.0 Å². The molecule has 18 heavy (non-hydrogen) atoms. The molecule has 1 unspecified atom stereocenters. The van der Waals surface area contributed by atoms with Gasteiger partial charge in [-0.05, 0) is 52.7 Å². The summed E-state index contributed by atoms with van der Waals surface area (Å²) in [4.78, 5) is 0.293. The first kappa shape index (κ1) is 14.8. The topological polar surface area (TPSA) is 46.2 Å². The van der Waals surface area contributed by atoms with Gasteiger partial charge in [-0.2, -0.15) is 11.8 Å². The van der Waals surface area contributed by atoms with E-state index >= 15 is 0 Å². The number of hydrogen-bond acceptors (Lipinski definition) is 3. The van der Waals surface area contributed by atoms with Crippen LogP contribution in [0.2, 0.25) is 0 Å². The molecule has 100 valence electrons. The predicted molar refractivity (Wildman–Crippen MR) is 82.5 cm³/mol. The van der Waals surface area contributed by atoms with Gasteiger partial charge in [0.25, 0.3) is 0 Å². The van der Waals surface area contributed by atoms with Crippen LogP contribution in [-0.4, -0.2) is 26.0 Å². The molecule has 0 aromatic heterocycles. The van der Waals surface area contributed by atoms with Crippen molar-refractivity contribution in [2.24, 2.45) is 0 Å². The van der Waals surface area contributed by atoms with Crippen molar-refractivity contribution in [3.05, 3.63) is 27.1 Å². The molecule has 0 saturated carbocycles. The smallest absolute Gasteiger partial charge is 0.207 e. The number of sulfonamides is 1. The lowest BCUT2D eigenvalue weighted by Crippen LogP contribution is -2.38. The highest BCUT2D eigenvalue weighted by atomic mass is 79.9. The number of thioether (sulfide) groups is 1. The summed E-state index contributed by atoms with van der Waals surface area (Å²) in [6.07, 6.45) is 1.99. The Labute approximate surface area is 128 Å². The molecule has 2 rings (SSSR count). The SMILES string of the molecule is O=S(=O)(NC1CCCSC1)c1ccc(Br)cc1Br. The third-order valence-corrected chi connectivity index (χ3v) is 6.87. The molecule has 7 heteroatoms. The second-order valence-corrected chi connectivity index (χ2v) is 8.71. The van der Waals surface area contributed by atoms with E-state index in [2.05, 4.69) is 36.6 Å². The van der Waals surface area contributed by atoms with Crippen molar-refractivity contribution >= 4 is 53.6 Å². The molecule has 0 spiro atoms. The molecule has 1 heterocycles. The number of benzene rings is 1. The summed E-state index contributed by atoms with van der Waals surface area (Å²) in [6.45, 7) is 0. The fraction of sp³-hybridized carbons (Fsp3) is 0.455. The molecule has 1 N–H and O–H groups in total. The van der Waals surface area contributed by atoms with Gasteiger partial charge in [0.1, 0.15) is 0 Å². The minimum absolute atomic E-state index is 0.0456. The largest absolute Gasteiger partial charge is 0.241 e. The van der Waals surface area contributed by atoms with Crippen LogP contribution >= 0.6 is 43.6 Å². The van der Waals surface area contributed by atoms with Gasteiger partial charge in [-0.15, -0.1) is 0 Å². The lowest BCUT2D eigenvalue weighted by molar-refractivity contribution is 0.543. The van der Waals surface area contributed by atoms with Gasteiger partial charge in [-0.3, -0.25) is 0 Å². The Hall–Kier alpha value is 0.440. The molecule has 1 atom stereocenters. The van der Waals surface area contributed by atoms with Crippen LogP contribution in [0.3, 0.4) is 0 Å². The molecule has 0 bridgehead atoms. The summed E-state index contributed by atoms with van der Waals surface area (Å²) in [6, 6.07) is 5.12. The van der Waals surface area contributed by atoms with Crippen LogP contribution in [0.5, 0.6) is 0 Å². The Morgan fingerprint density at radius 3 is 2.72 bits per heavy atom. The number of halogens is 2. The van der Waals surface area contributed by atoms with Gasteiger partial charge in [-0.1, -0.05) is 15.9 Å². The molecule has 0 radical (unpaired) electrons. The third kappa shape index (κ3) is 3.72. The summed E-state index contributed by atoms with van der Waals surface area (Å²) in [5, 5.41) is 0. The van der Waals surface area contributed by atoms with Crippen molar-refractivity contribution in [2.75, 3.05) is 11.5 Å². The number of nitrogens with one attached hydrogen (secondary N) is 1. The average Bonchev–Trinajstić information content (AvgIpc) is 2.29. The first-order chi connectivity index (χ1) is 8.49. The number of rotatable bonds is 3. The van der Waals surface area contributed by atoms with Crippen LogP contribution < -0.4 is 4.72 Å². The highest BCUT2D eigenvalue weighted by Crippen LogP contribution is 2.26. The van der Waals surface area contributed by atoms with Gasteiger partial charge in [0.05, 0.1) is 4.90 Å². The van der Waals surface area contributed by atoms with Crippen molar-refractivity contribution < 1.29 is 8.42 Å². The van der Waals surface area contributed by atoms with Crippen LogP contribution in [0.25, 0.3) is 0 Å². The molecular weight excluding hydrogens is 402 g/mol. The summed E-state index contributed by atoms with van der Waals surface area (Å²) in [7, 11) is -3.44. The Bertz CT molecular complexity index is 528. The third-order valence-electron chi connectivity index (χ3n) is 2.67. The fourth-order valence-electron chi connectivity index (χ4n) is 1.81. The van der Waals surface area contributed by atoms with Crippen molar-refractivity contribution in [3.63, 3.8) is 0 Å². The highest BCUT2D eigenvalue weighted by molar-refractivity contribution is 9.11. The van der Waals surface area contributed by atoms with E-state index < -0.39 is 10.0 Å². The zero-order valence-corrected chi connectivity index (χ0v) is 14.3. The molecule has 1 aromatic carbocycles. The second-order valence-electron chi connectivity index (χ2n) is 4.11. The summed E-state index contributed by atoms with van der Waals surface area (Å²) < 4.78 is 28.7. The lowest BCUT2D eigenvalue weighted by Gasteiger charge is -2.22. The first-order valence-electron chi connectivity index (χ1n) is 5.54. The number of hydrogen-bond donors (Lipinski definition) is 1. The van der Waals surface area contributed by atoms with E-state index in [9.17, 15) is 8.42 Å². The van der Waals surface area contributed by atoms with Crippen LogP contribution in [-0.2, 0) is 10.0 Å². The normalized spacial score (nSPS) is 20.9.